The number of piperidine rings is 1. The van der Waals surface area contributed by atoms with Gasteiger partial charge in [0, 0.05) is 25.2 Å². The Bertz CT molecular complexity index is 875. The standard InChI is InChI=1S/C24H31N3O4/c1-17(2)31-20-10-8-19(9-11-20)23(28)25-16-18-12-14-27(15-13-18)24(29)26-21-6-4-5-7-22(21)30-3/h4-11,17-18H,12-16H2,1-3H3,(H,25,28)(H,26,29). The van der Waals surface area contributed by atoms with E-state index in [0.29, 0.717) is 42.6 Å². The average molecular weight is 426 g/mol. The number of para-hydroxylation sites is 2. The van der Waals surface area contributed by atoms with Crippen LogP contribution in [0.1, 0.15) is 37.0 Å². The highest BCUT2D eigenvalue weighted by Crippen LogP contribution is 2.24. The average Bonchev–Trinajstić information content (AvgIpc) is 2.78. The molecule has 0 atom stereocenters. The molecule has 1 fully saturated rings. The van der Waals surface area contributed by atoms with Crippen LogP contribution >= 0.6 is 0 Å². The third-order valence-electron chi connectivity index (χ3n) is 5.29. The first-order valence-corrected chi connectivity index (χ1v) is 10.7. The zero-order chi connectivity index (χ0) is 22.2. The molecular weight excluding hydrogens is 394 g/mol. The van der Waals surface area contributed by atoms with Crippen LogP contribution in [0, 0.1) is 5.92 Å². The van der Waals surface area contributed by atoms with Gasteiger partial charge in [0.05, 0.1) is 18.9 Å². The van der Waals surface area contributed by atoms with Crippen molar-refractivity contribution in [2.75, 3.05) is 32.1 Å². The molecule has 31 heavy (non-hydrogen) atoms. The molecule has 3 amide bonds. The summed E-state index contributed by atoms with van der Waals surface area (Å²) < 4.78 is 10.9. The number of rotatable bonds is 7. The molecule has 1 aliphatic rings. The Balaban J connectivity index is 1.42. The molecule has 1 heterocycles. The van der Waals surface area contributed by atoms with Crippen LogP contribution in [0.2, 0.25) is 0 Å². The predicted octanol–water partition coefficient (Wildman–Crippen LogP) is 4.16. The molecule has 0 radical (unpaired) electrons. The van der Waals surface area contributed by atoms with E-state index >= 15 is 0 Å². The van der Waals surface area contributed by atoms with E-state index in [2.05, 4.69) is 10.6 Å². The van der Waals surface area contributed by atoms with Crippen molar-refractivity contribution in [2.45, 2.75) is 32.8 Å². The Morgan fingerprint density at radius 2 is 1.74 bits per heavy atom. The van der Waals surface area contributed by atoms with E-state index in [1.54, 1.807) is 24.1 Å². The van der Waals surface area contributed by atoms with Crippen LogP contribution in [0.25, 0.3) is 0 Å². The summed E-state index contributed by atoms with van der Waals surface area (Å²) in [5.74, 6) is 1.65. The van der Waals surface area contributed by atoms with Crippen molar-refractivity contribution in [2.24, 2.45) is 5.92 Å². The highest BCUT2D eigenvalue weighted by Gasteiger charge is 2.24. The first kappa shape index (κ1) is 22.5. The minimum Gasteiger partial charge on any atom is -0.495 e. The van der Waals surface area contributed by atoms with Crippen molar-refractivity contribution in [1.82, 2.24) is 10.2 Å². The van der Waals surface area contributed by atoms with Crippen LogP contribution < -0.4 is 20.1 Å². The molecule has 2 N–H and O–H groups in total. The number of benzene rings is 2. The number of anilines is 1. The number of carbonyl (C=O) groups is 2. The molecule has 7 nitrogen and oxygen atoms in total. The number of nitrogens with zero attached hydrogens (tertiary/aromatic N) is 1. The second kappa shape index (κ2) is 10.7. The molecule has 1 saturated heterocycles. The summed E-state index contributed by atoms with van der Waals surface area (Å²) in [6, 6.07) is 14.4. The first-order chi connectivity index (χ1) is 15.0. The molecule has 7 heteroatoms. The quantitative estimate of drug-likeness (QED) is 0.698. The van der Waals surface area contributed by atoms with Crippen LogP contribution in [-0.4, -0.2) is 49.7 Å². The van der Waals surface area contributed by atoms with Crippen molar-refractivity contribution < 1.29 is 19.1 Å². The van der Waals surface area contributed by atoms with Crippen LogP contribution in [0.3, 0.4) is 0 Å². The van der Waals surface area contributed by atoms with E-state index in [0.717, 1.165) is 18.6 Å². The lowest BCUT2D eigenvalue weighted by atomic mass is 9.97. The van der Waals surface area contributed by atoms with Crippen LogP contribution in [0.5, 0.6) is 11.5 Å². The lowest BCUT2D eigenvalue weighted by Crippen LogP contribution is -2.43. The Kier molecular flexibility index (Phi) is 7.76. The van der Waals surface area contributed by atoms with Gasteiger partial charge in [-0.15, -0.1) is 0 Å². The normalized spacial score (nSPS) is 14.3. The molecule has 166 valence electrons. The molecular formula is C24H31N3O4. The number of amides is 3. The molecule has 2 aromatic rings. The number of hydrogen-bond donors (Lipinski definition) is 2. The van der Waals surface area contributed by atoms with E-state index < -0.39 is 0 Å². The summed E-state index contributed by atoms with van der Waals surface area (Å²) in [4.78, 5) is 26.8. The summed E-state index contributed by atoms with van der Waals surface area (Å²) in [6.45, 7) is 5.85. The highest BCUT2D eigenvalue weighted by molar-refractivity contribution is 5.94. The lowest BCUT2D eigenvalue weighted by molar-refractivity contribution is 0.0938. The smallest absolute Gasteiger partial charge is 0.321 e. The van der Waals surface area contributed by atoms with E-state index in [1.807, 2.05) is 50.2 Å². The highest BCUT2D eigenvalue weighted by atomic mass is 16.5. The fourth-order valence-corrected chi connectivity index (χ4v) is 3.58. The predicted molar refractivity (Wildman–Crippen MR) is 121 cm³/mol. The Hall–Kier alpha value is -3.22. The minimum atomic E-state index is -0.129. The van der Waals surface area contributed by atoms with Crippen LogP contribution in [0.4, 0.5) is 10.5 Å². The third kappa shape index (κ3) is 6.38. The molecule has 2 aromatic carbocycles. The topological polar surface area (TPSA) is 79.9 Å². The van der Waals surface area contributed by atoms with Gasteiger partial charge < -0.3 is 25.0 Å². The van der Waals surface area contributed by atoms with Gasteiger partial charge in [-0.05, 0) is 69.0 Å². The summed E-state index contributed by atoms with van der Waals surface area (Å²) in [7, 11) is 1.58. The Morgan fingerprint density at radius 1 is 1.06 bits per heavy atom. The lowest BCUT2D eigenvalue weighted by Gasteiger charge is -2.32. The number of likely N-dealkylation sites (tertiary alicyclic amines) is 1. The van der Waals surface area contributed by atoms with Crippen molar-refractivity contribution in [3.05, 3.63) is 54.1 Å². The molecule has 0 unspecified atom stereocenters. The second-order valence-electron chi connectivity index (χ2n) is 7.96. The first-order valence-electron chi connectivity index (χ1n) is 10.7. The maximum absolute atomic E-state index is 12.6. The fraction of sp³-hybridized carbons (Fsp3) is 0.417. The zero-order valence-corrected chi connectivity index (χ0v) is 18.4. The summed E-state index contributed by atoms with van der Waals surface area (Å²) in [5.41, 5.74) is 1.28. The maximum atomic E-state index is 12.6. The molecule has 1 aliphatic heterocycles. The number of ether oxygens (including phenoxy) is 2. The third-order valence-corrected chi connectivity index (χ3v) is 5.29. The summed E-state index contributed by atoms with van der Waals surface area (Å²) in [5, 5.41) is 5.93. The number of nitrogens with one attached hydrogen (secondary N) is 2. The van der Waals surface area contributed by atoms with Crippen molar-refractivity contribution in [3.63, 3.8) is 0 Å². The monoisotopic (exact) mass is 425 g/mol. The van der Waals surface area contributed by atoms with Gasteiger partial charge in [0.15, 0.2) is 0 Å². The molecule has 0 bridgehead atoms. The molecule has 3 rings (SSSR count). The van der Waals surface area contributed by atoms with Crippen molar-refractivity contribution in [3.8, 4) is 11.5 Å². The van der Waals surface area contributed by atoms with E-state index in [1.165, 1.54) is 0 Å². The van der Waals surface area contributed by atoms with Gasteiger partial charge in [0.25, 0.3) is 5.91 Å². The molecule has 0 aliphatic carbocycles. The van der Waals surface area contributed by atoms with E-state index in [-0.39, 0.29) is 18.0 Å². The van der Waals surface area contributed by atoms with Gasteiger partial charge in [-0.3, -0.25) is 4.79 Å². The summed E-state index contributed by atoms with van der Waals surface area (Å²) >= 11 is 0. The molecule has 0 aromatic heterocycles. The molecule has 0 saturated carbocycles. The van der Waals surface area contributed by atoms with E-state index in [9.17, 15) is 9.59 Å². The number of carbonyl (C=O) groups excluding carboxylic acids is 2. The fourth-order valence-electron chi connectivity index (χ4n) is 3.58. The zero-order valence-electron chi connectivity index (χ0n) is 18.4. The summed E-state index contributed by atoms with van der Waals surface area (Å²) in [6.07, 6.45) is 1.80. The Morgan fingerprint density at radius 3 is 2.39 bits per heavy atom. The van der Waals surface area contributed by atoms with Gasteiger partial charge in [-0.1, -0.05) is 12.1 Å². The van der Waals surface area contributed by atoms with Crippen molar-refractivity contribution >= 4 is 17.6 Å². The maximum Gasteiger partial charge on any atom is 0.321 e. The van der Waals surface area contributed by atoms with Crippen LogP contribution in [0.15, 0.2) is 48.5 Å². The largest absolute Gasteiger partial charge is 0.495 e. The van der Waals surface area contributed by atoms with Gasteiger partial charge in [0.1, 0.15) is 11.5 Å². The van der Waals surface area contributed by atoms with Gasteiger partial charge in [-0.25, -0.2) is 4.79 Å². The SMILES string of the molecule is COc1ccccc1NC(=O)N1CCC(CNC(=O)c2ccc(OC(C)C)cc2)CC1. The Labute approximate surface area is 183 Å². The number of urea groups is 1. The van der Waals surface area contributed by atoms with Gasteiger partial charge in [0.2, 0.25) is 0 Å². The van der Waals surface area contributed by atoms with E-state index in [4.69, 9.17) is 9.47 Å². The number of methoxy groups -OCH3 is 1. The molecule has 0 spiro atoms. The van der Waals surface area contributed by atoms with Crippen molar-refractivity contribution in [1.29, 1.82) is 0 Å². The second-order valence-corrected chi connectivity index (χ2v) is 7.96. The van der Waals surface area contributed by atoms with Gasteiger partial charge in [-0.2, -0.15) is 0 Å². The van der Waals surface area contributed by atoms with Gasteiger partial charge >= 0.3 is 6.03 Å². The minimum absolute atomic E-state index is 0.0903. The number of hydrogen-bond acceptors (Lipinski definition) is 4. The van der Waals surface area contributed by atoms with Crippen LogP contribution in [-0.2, 0) is 0 Å².